The Morgan fingerprint density at radius 2 is 2.09 bits per heavy atom. The van der Waals surface area contributed by atoms with Crippen molar-refractivity contribution in [2.45, 2.75) is 19.9 Å². The number of benzene rings is 1. The van der Waals surface area contributed by atoms with Gasteiger partial charge in [0, 0.05) is 24.7 Å². The van der Waals surface area contributed by atoms with E-state index in [2.05, 4.69) is 33.6 Å². The number of para-hydroxylation sites is 1. The summed E-state index contributed by atoms with van der Waals surface area (Å²) >= 11 is 1.69. The topological polar surface area (TPSA) is 58.5 Å². The van der Waals surface area contributed by atoms with E-state index in [1.807, 2.05) is 24.4 Å². The predicted molar refractivity (Wildman–Crippen MR) is 107 cm³/mol. The number of ether oxygens (including phenoxy) is 1. The standard InChI is InChI=1S/C16H22N4OS.HI/c1-12-10-19-15(22-12)11-20-16(17-2)18-9-8-13-6-4-5-7-14(13)21-3;/h4-7,10H,8-9,11H2,1-3H3,(H2,17,18,20);1H. The third kappa shape index (κ3) is 6.34. The molecule has 0 saturated heterocycles. The lowest BCUT2D eigenvalue weighted by Crippen LogP contribution is -2.37. The quantitative estimate of drug-likeness (QED) is 0.407. The summed E-state index contributed by atoms with van der Waals surface area (Å²) in [6, 6.07) is 8.06. The van der Waals surface area contributed by atoms with Gasteiger partial charge in [0.05, 0.1) is 13.7 Å². The van der Waals surface area contributed by atoms with Crippen LogP contribution in [-0.2, 0) is 13.0 Å². The van der Waals surface area contributed by atoms with Gasteiger partial charge in [0.2, 0.25) is 0 Å². The van der Waals surface area contributed by atoms with Gasteiger partial charge < -0.3 is 15.4 Å². The summed E-state index contributed by atoms with van der Waals surface area (Å²) in [6.45, 7) is 3.53. The van der Waals surface area contributed by atoms with Gasteiger partial charge in [-0.2, -0.15) is 0 Å². The van der Waals surface area contributed by atoms with Crippen LogP contribution in [0.4, 0.5) is 0 Å². The Kier molecular flexibility index (Phi) is 8.93. The zero-order valence-corrected chi connectivity index (χ0v) is 16.8. The van der Waals surface area contributed by atoms with Crippen LogP contribution < -0.4 is 15.4 Å². The fourth-order valence-corrected chi connectivity index (χ4v) is 2.82. The summed E-state index contributed by atoms with van der Waals surface area (Å²) in [4.78, 5) is 9.77. The second kappa shape index (κ2) is 10.4. The van der Waals surface area contributed by atoms with Crippen molar-refractivity contribution >= 4 is 41.3 Å². The van der Waals surface area contributed by atoms with E-state index >= 15 is 0 Å². The molecule has 5 nitrogen and oxygen atoms in total. The van der Waals surface area contributed by atoms with E-state index in [0.29, 0.717) is 6.54 Å². The molecule has 2 rings (SSSR count). The number of guanidine groups is 1. The highest BCUT2D eigenvalue weighted by atomic mass is 127. The molecule has 0 amide bonds. The summed E-state index contributed by atoms with van der Waals surface area (Å²) in [5.41, 5.74) is 1.18. The lowest BCUT2D eigenvalue weighted by Gasteiger charge is -2.12. The van der Waals surface area contributed by atoms with Gasteiger partial charge in [-0.3, -0.25) is 4.99 Å². The molecule has 2 aromatic rings. The summed E-state index contributed by atoms with van der Waals surface area (Å²) in [6.07, 6.45) is 2.76. The van der Waals surface area contributed by atoms with E-state index in [4.69, 9.17) is 4.74 Å². The third-order valence-corrected chi connectivity index (χ3v) is 4.09. The molecule has 2 N–H and O–H groups in total. The van der Waals surface area contributed by atoms with Crippen LogP contribution in [0.5, 0.6) is 5.75 Å². The minimum Gasteiger partial charge on any atom is -0.496 e. The highest BCUT2D eigenvalue weighted by Crippen LogP contribution is 2.17. The molecule has 0 fully saturated rings. The Bertz CT molecular complexity index is 630. The highest BCUT2D eigenvalue weighted by molar-refractivity contribution is 14.0. The number of aryl methyl sites for hydroxylation is 1. The van der Waals surface area contributed by atoms with Crippen LogP contribution in [0.25, 0.3) is 0 Å². The molecule has 0 aliphatic heterocycles. The largest absolute Gasteiger partial charge is 0.496 e. The van der Waals surface area contributed by atoms with Gasteiger partial charge >= 0.3 is 0 Å². The molecule has 1 aromatic carbocycles. The molecular weight excluding hydrogens is 423 g/mol. The number of hydrogen-bond donors (Lipinski definition) is 2. The van der Waals surface area contributed by atoms with Crippen LogP contribution in [0.15, 0.2) is 35.5 Å². The molecule has 0 saturated carbocycles. The number of methoxy groups -OCH3 is 1. The van der Waals surface area contributed by atoms with Gasteiger partial charge in [0.1, 0.15) is 10.8 Å². The predicted octanol–water partition coefficient (Wildman–Crippen LogP) is 2.99. The van der Waals surface area contributed by atoms with Crippen molar-refractivity contribution in [1.29, 1.82) is 0 Å². The molecular formula is C16H23IN4OS. The molecule has 0 atom stereocenters. The zero-order chi connectivity index (χ0) is 15.8. The van der Waals surface area contributed by atoms with Gasteiger partial charge in [-0.05, 0) is 25.0 Å². The second-order valence-electron chi connectivity index (χ2n) is 4.78. The molecule has 1 heterocycles. The SMILES string of the molecule is CN=C(NCCc1ccccc1OC)NCc1ncc(C)s1.I. The summed E-state index contributed by atoms with van der Waals surface area (Å²) in [5.74, 6) is 1.70. The maximum Gasteiger partial charge on any atom is 0.191 e. The van der Waals surface area contributed by atoms with Crippen molar-refractivity contribution in [3.63, 3.8) is 0 Å². The van der Waals surface area contributed by atoms with Gasteiger partial charge in [0.25, 0.3) is 0 Å². The smallest absolute Gasteiger partial charge is 0.191 e. The molecule has 0 radical (unpaired) electrons. The van der Waals surface area contributed by atoms with Crippen LogP contribution in [-0.4, -0.2) is 31.6 Å². The van der Waals surface area contributed by atoms with Crippen molar-refractivity contribution in [1.82, 2.24) is 15.6 Å². The van der Waals surface area contributed by atoms with Gasteiger partial charge in [-0.15, -0.1) is 35.3 Å². The average Bonchev–Trinajstić information content (AvgIpc) is 2.96. The molecule has 0 bridgehead atoms. The summed E-state index contributed by atoms with van der Waals surface area (Å²) in [7, 11) is 3.47. The number of aliphatic imine (C=N–C) groups is 1. The maximum atomic E-state index is 5.36. The van der Waals surface area contributed by atoms with Crippen LogP contribution in [0.2, 0.25) is 0 Å². The van der Waals surface area contributed by atoms with Crippen LogP contribution in [0.1, 0.15) is 15.4 Å². The van der Waals surface area contributed by atoms with Gasteiger partial charge in [0.15, 0.2) is 5.96 Å². The second-order valence-corrected chi connectivity index (χ2v) is 6.10. The van der Waals surface area contributed by atoms with E-state index in [-0.39, 0.29) is 24.0 Å². The first-order chi connectivity index (χ1) is 10.7. The first kappa shape index (κ1) is 19.7. The Morgan fingerprint density at radius 3 is 2.74 bits per heavy atom. The van der Waals surface area contributed by atoms with Crippen LogP contribution in [0, 0.1) is 6.92 Å². The van der Waals surface area contributed by atoms with Crippen LogP contribution >= 0.6 is 35.3 Å². The van der Waals surface area contributed by atoms with Gasteiger partial charge in [-0.25, -0.2) is 4.98 Å². The molecule has 0 aliphatic carbocycles. The third-order valence-electron chi connectivity index (χ3n) is 3.18. The van der Waals surface area contributed by atoms with E-state index in [9.17, 15) is 0 Å². The van der Waals surface area contributed by atoms with Gasteiger partial charge in [-0.1, -0.05) is 18.2 Å². The van der Waals surface area contributed by atoms with Crippen molar-refractivity contribution in [2.75, 3.05) is 20.7 Å². The fourth-order valence-electron chi connectivity index (χ4n) is 2.09. The van der Waals surface area contributed by atoms with Crippen molar-refractivity contribution in [3.05, 3.63) is 45.9 Å². The van der Waals surface area contributed by atoms with E-state index in [0.717, 1.165) is 29.7 Å². The Labute approximate surface area is 158 Å². The van der Waals surface area contributed by atoms with E-state index in [1.54, 1.807) is 25.5 Å². The van der Waals surface area contributed by atoms with Crippen LogP contribution in [0.3, 0.4) is 0 Å². The maximum absolute atomic E-state index is 5.36. The fraction of sp³-hybridized carbons (Fsp3) is 0.375. The lowest BCUT2D eigenvalue weighted by molar-refractivity contribution is 0.409. The first-order valence-electron chi connectivity index (χ1n) is 7.20. The average molecular weight is 446 g/mol. The zero-order valence-electron chi connectivity index (χ0n) is 13.6. The minimum atomic E-state index is 0. The molecule has 0 unspecified atom stereocenters. The normalized spacial score (nSPS) is 10.8. The van der Waals surface area contributed by atoms with E-state index in [1.165, 1.54) is 10.4 Å². The van der Waals surface area contributed by atoms with Crippen molar-refractivity contribution < 1.29 is 4.74 Å². The Balaban J connectivity index is 0.00000264. The molecule has 23 heavy (non-hydrogen) atoms. The number of nitrogens with zero attached hydrogens (tertiary/aromatic N) is 2. The monoisotopic (exact) mass is 446 g/mol. The number of aromatic nitrogens is 1. The summed E-state index contributed by atoms with van der Waals surface area (Å²) < 4.78 is 5.36. The molecule has 126 valence electrons. The number of thiazole rings is 1. The molecule has 0 spiro atoms. The number of hydrogen-bond acceptors (Lipinski definition) is 4. The number of nitrogens with one attached hydrogen (secondary N) is 2. The summed E-state index contributed by atoms with van der Waals surface area (Å²) in [5, 5.41) is 7.64. The number of rotatable bonds is 6. The highest BCUT2D eigenvalue weighted by Gasteiger charge is 2.04. The van der Waals surface area contributed by atoms with Crippen molar-refractivity contribution in [2.24, 2.45) is 4.99 Å². The Hall–Kier alpha value is -1.35. The first-order valence-corrected chi connectivity index (χ1v) is 8.02. The molecule has 7 heteroatoms. The minimum absolute atomic E-state index is 0. The molecule has 0 aliphatic rings. The number of halogens is 1. The lowest BCUT2D eigenvalue weighted by atomic mass is 10.1. The van der Waals surface area contributed by atoms with Crippen molar-refractivity contribution in [3.8, 4) is 5.75 Å². The Morgan fingerprint density at radius 1 is 1.30 bits per heavy atom. The van der Waals surface area contributed by atoms with E-state index < -0.39 is 0 Å². The molecule has 1 aromatic heterocycles.